The molecule has 0 spiro atoms. The highest BCUT2D eigenvalue weighted by molar-refractivity contribution is 5.97. The molecule has 6 nitrogen and oxygen atoms in total. The van der Waals surface area contributed by atoms with Crippen LogP contribution in [0.3, 0.4) is 0 Å². The number of carboxylic acids is 1. The first-order valence-corrected chi connectivity index (χ1v) is 6.01. The Balaban J connectivity index is 2.03. The zero-order valence-corrected chi connectivity index (χ0v) is 10.5. The number of amides is 1. The molecule has 0 saturated heterocycles. The minimum absolute atomic E-state index is 0.367. The van der Waals surface area contributed by atoms with E-state index in [9.17, 15) is 9.59 Å². The van der Waals surface area contributed by atoms with Crippen molar-refractivity contribution in [3.05, 3.63) is 17.5 Å². The van der Waals surface area contributed by atoms with Crippen molar-refractivity contribution >= 4 is 11.9 Å². The van der Waals surface area contributed by atoms with Gasteiger partial charge in [-0.25, -0.2) is 4.79 Å². The van der Waals surface area contributed by atoms with Gasteiger partial charge < -0.3 is 10.4 Å². The molecule has 1 fully saturated rings. The Morgan fingerprint density at radius 2 is 2.28 bits per heavy atom. The summed E-state index contributed by atoms with van der Waals surface area (Å²) in [6.45, 7) is 1.73. The summed E-state index contributed by atoms with van der Waals surface area (Å²) >= 11 is 0. The van der Waals surface area contributed by atoms with E-state index in [0.717, 1.165) is 12.8 Å². The van der Waals surface area contributed by atoms with Gasteiger partial charge in [-0.2, -0.15) is 5.10 Å². The summed E-state index contributed by atoms with van der Waals surface area (Å²) in [5, 5.41) is 15.7. The van der Waals surface area contributed by atoms with Crippen molar-refractivity contribution in [2.24, 2.45) is 13.0 Å². The molecule has 1 aliphatic rings. The summed E-state index contributed by atoms with van der Waals surface area (Å²) in [6, 6.07) is -0.801. The Hall–Kier alpha value is -1.85. The maximum absolute atomic E-state index is 12.0. The quantitative estimate of drug-likeness (QED) is 0.807. The zero-order valence-electron chi connectivity index (χ0n) is 10.5. The molecule has 1 aromatic rings. The number of carbonyl (C=O) groups is 2. The molecule has 0 bridgehead atoms. The van der Waals surface area contributed by atoms with Crippen LogP contribution in [0.15, 0.2) is 6.20 Å². The van der Waals surface area contributed by atoms with E-state index < -0.39 is 12.0 Å². The van der Waals surface area contributed by atoms with Crippen molar-refractivity contribution in [3.8, 4) is 0 Å². The van der Waals surface area contributed by atoms with Crippen LogP contribution in [-0.4, -0.2) is 32.8 Å². The van der Waals surface area contributed by atoms with E-state index in [2.05, 4.69) is 10.4 Å². The first-order valence-electron chi connectivity index (χ1n) is 6.01. The lowest BCUT2D eigenvalue weighted by molar-refractivity contribution is -0.139. The predicted molar refractivity (Wildman–Crippen MR) is 64.2 cm³/mol. The highest BCUT2D eigenvalue weighted by Crippen LogP contribution is 2.33. The predicted octanol–water partition coefficient (Wildman–Crippen LogP) is 0.712. The van der Waals surface area contributed by atoms with E-state index in [-0.39, 0.29) is 5.91 Å². The van der Waals surface area contributed by atoms with Crippen molar-refractivity contribution in [2.75, 3.05) is 0 Å². The van der Waals surface area contributed by atoms with E-state index in [0.29, 0.717) is 23.6 Å². The molecule has 1 amide bonds. The number of rotatable bonds is 5. The smallest absolute Gasteiger partial charge is 0.326 e. The van der Waals surface area contributed by atoms with Crippen LogP contribution in [-0.2, 0) is 11.8 Å². The van der Waals surface area contributed by atoms with Crippen molar-refractivity contribution in [1.29, 1.82) is 0 Å². The van der Waals surface area contributed by atoms with Gasteiger partial charge in [0.25, 0.3) is 5.91 Å². The van der Waals surface area contributed by atoms with Crippen molar-refractivity contribution in [1.82, 2.24) is 15.1 Å². The van der Waals surface area contributed by atoms with Crippen LogP contribution >= 0.6 is 0 Å². The Morgan fingerprint density at radius 1 is 1.61 bits per heavy atom. The van der Waals surface area contributed by atoms with Gasteiger partial charge >= 0.3 is 5.97 Å². The number of hydrogen-bond acceptors (Lipinski definition) is 3. The third-order valence-electron chi connectivity index (χ3n) is 3.13. The second-order valence-electron chi connectivity index (χ2n) is 4.85. The molecule has 6 heteroatoms. The molecule has 1 saturated carbocycles. The lowest BCUT2D eigenvalue weighted by Crippen LogP contribution is -2.41. The third-order valence-corrected chi connectivity index (χ3v) is 3.13. The largest absolute Gasteiger partial charge is 0.480 e. The van der Waals surface area contributed by atoms with Crippen LogP contribution in [0.5, 0.6) is 0 Å². The molecule has 2 rings (SSSR count). The fourth-order valence-corrected chi connectivity index (χ4v) is 1.97. The monoisotopic (exact) mass is 251 g/mol. The first-order chi connectivity index (χ1) is 8.47. The van der Waals surface area contributed by atoms with Gasteiger partial charge in [0.1, 0.15) is 6.04 Å². The highest BCUT2D eigenvalue weighted by atomic mass is 16.4. The summed E-state index contributed by atoms with van der Waals surface area (Å²) < 4.78 is 1.54. The van der Waals surface area contributed by atoms with Crippen molar-refractivity contribution in [2.45, 2.75) is 32.2 Å². The molecule has 1 heterocycles. The number of hydrogen-bond donors (Lipinski definition) is 2. The van der Waals surface area contributed by atoms with Gasteiger partial charge in [0.2, 0.25) is 0 Å². The average molecular weight is 251 g/mol. The maximum Gasteiger partial charge on any atom is 0.326 e. The van der Waals surface area contributed by atoms with Crippen LogP contribution in [0, 0.1) is 12.8 Å². The van der Waals surface area contributed by atoms with Crippen LogP contribution < -0.4 is 5.32 Å². The fourth-order valence-electron chi connectivity index (χ4n) is 1.97. The molecule has 2 N–H and O–H groups in total. The molecule has 1 aliphatic carbocycles. The second kappa shape index (κ2) is 4.80. The maximum atomic E-state index is 12.0. The zero-order chi connectivity index (χ0) is 13.3. The van der Waals surface area contributed by atoms with E-state index in [1.54, 1.807) is 24.9 Å². The molecule has 1 atom stereocenters. The van der Waals surface area contributed by atoms with E-state index >= 15 is 0 Å². The Kier molecular flexibility index (Phi) is 3.36. The fraction of sp³-hybridized carbons (Fsp3) is 0.583. The molecule has 98 valence electrons. The number of nitrogens with zero attached hydrogens (tertiary/aromatic N) is 2. The Labute approximate surface area is 105 Å². The Bertz CT molecular complexity index is 477. The van der Waals surface area contributed by atoms with Crippen molar-refractivity contribution < 1.29 is 14.7 Å². The van der Waals surface area contributed by atoms with Gasteiger partial charge in [0, 0.05) is 13.2 Å². The van der Waals surface area contributed by atoms with Gasteiger partial charge in [-0.05, 0) is 19.3 Å². The van der Waals surface area contributed by atoms with Gasteiger partial charge in [0.15, 0.2) is 0 Å². The Morgan fingerprint density at radius 3 is 2.72 bits per heavy atom. The molecule has 0 radical (unpaired) electrons. The van der Waals surface area contributed by atoms with Crippen molar-refractivity contribution in [3.63, 3.8) is 0 Å². The molecule has 1 unspecified atom stereocenters. The van der Waals surface area contributed by atoms with E-state index in [4.69, 9.17) is 5.11 Å². The number of carboxylic acid groups (broad SMARTS) is 1. The molecule has 0 aromatic carbocycles. The molecular formula is C12H17N3O3. The SMILES string of the molecule is Cc1nn(C)cc1C(=O)NC(CC1CC1)C(=O)O. The summed E-state index contributed by atoms with van der Waals surface area (Å²) in [5.74, 6) is -0.896. The summed E-state index contributed by atoms with van der Waals surface area (Å²) in [5.41, 5.74) is 1.03. The van der Waals surface area contributed by atoms with Crippen LogP contribution in [0.2, 0.25) is 0 Å². The normalized spacial score (nSPS) is 16.3. The van der Waals surface area contributed by atoms with E-state index in [1.807, 2.05) is 0 Å². The highest BCUT2D eigenvalue weighted by Gasteiger charge is 2.30. The first kappa shape index (κ1) is 12.6. The van der Waals surface area contributed by atoms with Gasteiger partial charge in [-0.3, -0.25) is 9.48 Å². The van der Waals surface area contributed by atoms with E-state index in [1.165, 1.54) is 0 Å². The summed E-state index contributed by atoms with van der Waals surface area (Å²) in [6.07, 6.45) is 4.23. The number of aryl methyl sites for hydroxylation is 2. The summed E-state index contributed by atoms with van der Waals surface area (Å²) in [7, 11) is 1.72. The summed E-state index contributed by atoms with van der Waals surface area (Å²) in [4.78, 5) is 23.1. The molecular weight excluding hydrogens is 234 g/mol. The number of aromatic nitrogens is 2. The van der Waals surface area contributed by atoms with Crippen LogP contribution in [0.25, 0.3) is 0 Å². The van der Waals surface area contributed by atoms with Crippen LogP contribution in [0.1, 0.15) is 35.3 Å². The second-order valence-corrected chi connectivity index (χ2v) is 4.85. The molecule has 18 heavy (non-hydrogen) atoms. The van der Waals surface area contributed by atoms with Gasteiger partial charge in [-0.1, -0.05) is 12.8 Å². The average Bonchev–Trinajstić information content (AvgIpc) is 3.02. The molecule has 0 aliphatic heterocycles. The third kappa shape index (κ3) is 2.88. The standard InChI is InChI=1S/C12H17N3O3/c1-7-9(6-15(2)14-7)11(16)13-10(12(17)18)5-8-3-4-8/h6,8,10H,3-5H2,1-2H3,(H,13,16)(H,17,18). The number of carbonyl (C=O) groups excluding carboxylic acids is 1. The number of aliphatic carboxylic acids is 1. The minimum atomic E-state index is -0.975. The molecule has 1 aromatic heterocycles. The lowest BCUT2D eigenvalue weighted by Gasteiger charge is -2.13. The van der Waals surface area contributed by atoms with Gasteiger partial charge in [-0.15, -0.1) is 0 Å². The minimum Gasteiger partial charge on any atom is -0.480 e. The lowest BCUT2D eigenvalue weighted by atomic mass is 10.1. The van der Waals surface area contributed by atoms with Gasteiger partial charge in [0.05, 0.1) is 11.3 Å². The van der Waals surface area contributed by atoms with Crippen LogP contribution in [0.4, 0.5) is 0 Å². The number of nitrogens with one attached hydrogen (secondary N) is 1. The topological polar surface area (TPSA) is 84.2 Å².